The molecular weight excluding hydrogens is 338 g/mol. The number of benzene rings is 2. The van der Waals surface area contributed by atoms with Crippen LogP contribution in [0.2, 0.25) is 0 Å². The minimum absolute atomic E-state index is 0.0193. The van der Waals surface area contributed by atoms with Crippen LogP contribution in [0.3, 0.4) is 0 Å². The third-order valence-corrected chi connectivity index (χ3v) is 4.61. The maximum atomic E-state index is 9.73. The average Bonchev–Trinajstić information content (AvgIpc) is 3.03. The number of nitrogens with zero attached hydrogens (tertiary/aromatic N) is 3. The van der Waals surface area contributed by atoms with E-state index in [1.165, 1.54) is 0 Å². The first-order valence-electron chi connectivity index (χ1n) is 9.31. The summed E-state index contributed by atoms with van der Waals surface area (Å²) in [7, 11) is 2.01. The number of hydrogen-bond donors (Lipinski definition) is 3. The summed E-state index contributed by atoms with van der Waals surface area (Å²) in [6.45, 7) is 3.97. The lowest BCUT2D eigenvalue weighted by atomic mass is 10.0. The van der Waals surface area contributed by atoms with Crippen LogP contribution in [-0.2, 0) is 13.6 Å². The van der Waals surface area contributed by atoms with Gasteiger partial charge < -0.3 is 20.3 Å². The second kappa shape index (κ2) is 9.19. The molecule has 0 radical (unpaired) electrons. The van der Waals surface area contributed by atoms with Crippen molar-refractivity contribution in [3.05, 3.63) is 66.0 Å². The molecule has 0 aliphatic carbocycles. The first kappa shape index (κ1) is 18.9. The fraction of sp³-hybridized carbons (Fsp3) is 0.333. The summed E-state index contributed by atoms with van der Waals surface area (Å²) >= 11 is 0. The van der Waals surface area contributed by atoms with Gasteiger partial charge in [0.1, 0.15) is 12.4 Å². The highest BCUT2D eigenvalue weighted by Gasteiger charge is 2.11. The number of aliphatic hydroxyl groups excluding tert-OH is 1. The van der Waals surface area contributed by atoms with Crippen molar-refractivity contribution >= 4 is 17.0 Å². The van der Waals surface area contributed by atoms with Crippen molar-refractivity contribution in [3.8, 4) is 0 Å². The van der Waals surface area contributed by atoms with Crippen LogP contribution in [0.5, 0.6) is 0 Å². The lowest BCUT2D eigenvalue weighted by molar-refractivity contribution is 0.265. The molecule has 2 aromatic carbocycles. The van der Waals surface area contributed by atoms with Gasteiger partial charge in [-0.2, -0.15) is 0 Å². The molecule has 3 rings (SSSR count). The molecule has 0 saturated heterocycles. The summed E-state index contributed by atoms with van der Waals surface area (Å²) in [4.78, 5) is 9.33. The number of hydrogen-bond acceptors (Lipinski definition) is 3. The van der Waals surface area contributed by atoms with Crippen molar-refractivity contribution in [2.24, 2.45) is 12.0 Å². The van der Waals surface area contributed by atoms with Gasteiger partial charge in [0.25, 0.3) is 0 Å². The number of para-hydroxylation sites is 2. The summed E-state index contributed by atoms with van der Waals surface area (Å²) in [6, 6.07) is 18.1. The van der Waals surface area contributed by atoms with Crippen LogP contribution in [0.15, 0.2) is 59.6 Å². The van der Waals surface area contributed by atoms with Gasteiger partial charge in [-0.15, -0.1) is 0 Å². The molecule has 0 spiro atoms. The van der Waals surface area contributed by atoms with Crippen molar-refractivity contribution < 1.29 is 5.11 Å². The summed E-state index contributed by atoms with van der Waals surface area (Å²) in [5.74, 6) is 1.65. The standard InChI is InChI=1S/C21H27N5O/c1-3-22-21(23-13-17(15-27)16-9-5-4-6-10-16)24-14-20-25-18-11-7-8-12-19(18)26(20)2/h4-12,17,27H,3,13-15H2,1-2H3,(H2,22,23,24). The third kappa shape index (κ3) is 4.65. The maximum Gasteiger partial charge on any atom is 0.191 e. The lowest BCUT2D eigenvalue weighted by Crippen LogP contribution is -2.40. The van der Waals surface area contributed by atoms with E-state index in [4.69, 9.17) is 0 Å². The van der Waals surface area contributed by atoms with E-state index in [-0.39, 0.29) is 12.5 Å². The minimum Gasteiger partial charge on any atom is -0.396 e. The number of guanidine groups is 1. The van der Waals surface area contributed by atoms with E-state index in [1.807, 2.05) is 62.5 Å². The molecule has 0 aliphatic heterocycles. The highest BCUT2D eigenvalue weighted by Crippen LogP contribution is 2.15. The second-order valence-electron chi connectivity index (χ2n) is 6.44. The monoisotopic (exact) mass is 365 g/mol. The Morgan fingerprint density at radius 2 is 1.85 bits per heavy atom. The fourth-order valence-corrected chi connectivity index (χ4v) is 3.06. The van der Waals surface area contributed by atoms with E-state index >= 15 is 0 Å². The van der Waals surface area contributed by atoms with E-state index in [1.54, 1.807) is 0 Å². The molecule has 0 fully saturated rings. The number of aromatic nitrogens is 2. The molecule has 0 saturated carbocycles. The Morgan fingerprint density at radius 3 is 2.56 bits per heavy atom. The topological polar surface area (TPSA) is 74.5 Å². The zero-order valence-electron chi connectivity index (χ0n) is 15.9. The minimum atomic E-state index is 0.0193. The predicted molar refractivity (Wildman–Crippen MR) is 110 cm³/mol. The number of nitrogens with one attached hydrogen (secondary N) is 2. The number of aliphatic hydroxyl groups is 1. The van der Waals surface area contributed by atoms with Crippen molar-refractivity contribution in [1.29, 1.82) is 0 Å². The third-order valence-electron chi connectivity index (χ3n) is 4.61. The molecule has 27 heavy (non-hydrogen) atoms. The molecule has 6 heteroatoms. The van der Waals surface area contributed by atoms with Gasteiger partial charge in [-0.05, 0) is 24.6 Å². The van der Waals surface area contributed by atoms with E-state index in [0.29, 0.717) is 13.1 Å². The molecule has 142 valence electrons. The highest BCUT2D eigenvalue weighted by molar-refractivity contribution is 5.80. The Bertz CT molecular complexity index is 888. The number of fused-ring (bicyclic) bond motifs is 1. The largest absolute Gasteiger partial charge is 0.396 e. The quantitative estimate of drug-likeness (QED) is 0.444. The smallest absolute Gasteiger partial charge is 0.191 e. The zero-order valence-corrected chi connectivity index (χ0v) is 15.9. The van der Waals surface area contributed by atoms with Crippen LogP contribution in [0.1, 0.15) is 24.2 Å². The summed E-state index contributed by atoms with van der Waals surface area (Å²) < 4.78 is 2.07. The van der Waals surface area contributed by atoms with Crippen LogP contribution in [0.4, 0.5) is 0 Å². The van der Waals surface area contributed by atoms with E-state index in [2.05, 4.69) is 31.2 Å². The van der Waals surface area contributed by atoms with Crippen LogP contribution in [0.25, 0.3) is 11.0 Å². The lowest BCUT2D eigenvalue weighted by Gasteiger charge is -2.18. The summed E-state index contributed by atoms with van der Waals surface area (Å²) in [5, 5.41) is 16.3. The fourth-order valence-electron chi connectivity index (χ4n) is 3.06. The van der Waals surface area contributed by atoms with Crippen LogP contribution in [0, 0.1) is 0 Å². The van der Waals surface area contributed by atoms with E-state index < -0.39 is 0 Å². The average molecular weight is 365 g/mol. The number of aryl methyl sites for hydroxylation is 1. The van der Waals surface area contributed by atoms with Gasteiger partial charge >= 0.3 is 0 Å². The number of imidazole rings is 1. The van der Waals surface area contributed by atoms with E-state index in [0.717, 1.165) is 34.9 Å². The van der Waals surface area contributed by atoms with Gasteiger partial charge in [-0.3, -0.25) is 0 Å². The molecular formula is C21H27N5O. The first-order valence-corrected chi connectivity index (χ1v) is 9.31. The van der Waals surface area contributed by atoms with Gasteiger partial charge in [-0.1, -0.05) is 42.5 Å². The molecule has 3 N–H and O–H groups in total. The highest BCUT2D eigenvalue weighted by atomic mass is 16.3. The Morgan fingerprint density at radius 1 is 1.11 bits per heavy atom. The summed E-state index contributed by atoms with van der Waals surface area (Å²) in [5.41, 5.74) is 3.19. The summed E-state index contributed by atoms with van der Waals surface area (Å²) in [6.07, 6.45) is 0. The molecule has 1 heterocycles. The molecule has 0 amide bonds. The van der Waals surface area contributed by atoms with Crippen molar-refractivity contribution in [2.45, 2.75) is 19.4 Å². The Hall–Kier alpha value is -2.86. The molecule has 1 atom stereocenters. The number of aliphatic imine (C=N–C) groups is 1. The van der Waals surface area contributed by atoms with Gasteiger partial charge in [0.05, 0.1) is 17.6 Å². The molecule has 0 aliphatic rings. The Balaban J connectivity index is 1.69. The Labute approximate surface area is 160 Å². The molecule has 6 nitrogen and oxygen atoms in total. The van der Waals surface area contributed by atoms with Crippen molar-refractivity contribution in [1.82, 2.24) is 20.2 Å². The predicted octanol–water partition coefficient (Wildman–Crippen LogP) is 2.40. The Kier molecular flexibility index (Phi) is 6.44. The van der Waals surface area contributed by atoms with E-state index in [9.17, 15) is 5.11 Å². The second-order valence-corrected chi connectivity index (χ2v) is 6.44. The molecule has 0 bridgehead atoms. The van der Waals surface area contributed by atoms with Gasteiger partial charge in [-0.25, -0.2) is 9.98 Å². The van der Waals surface area contributed by atoms with Crippen LogP contribution >= 0.6 is 0 Å². The van der Waals surface area contributed by atoms with Gasteiger partial charge in [0.2, 0.25) is 0 Å². The van der Waals surface area contributed by atoms with Gasteiger partial charge in [0, 0.05) is 26.1 Å². The van der Waals surface area contributed by atoms with Crippen LogP contribution in [-0.4, -0.2) is 40.3 Å². The molecule has 1 unspecified atom stereocenters. The molecule has 3 aromatic rings. The zero-order chi connectivity index (χ0) is 19.1. The molecule has 1 aromatic heterocycles. The van der Waals surface area contributed by atoms with Crippen molar-refractivity contribution in [2.75, 3.05) is 19.7 Å². The van der Waals surface area contributed by atoms with Gasteiger partial charge in [0.15, 0.2) is 5.96 Å². The normalized spacial score (nSPS) is 12.9. The maximum absolute atomic E-state index is 9.73. The first-order chi connectivity index (χ1) is 13.2. The SMILES string of the molecule is CCNC(=NCc1nc2ccccc2n1C)NCC(CO)c1ccccc1. The number of rotatable bonds is 7. The van der Waals surface area contributed by atoms with Crippen LogP contribution < -0.4 is 10.6 Å². The van der Waals surface area contributed by atoms with Crippen molar-refractivity contribution in [3.63, 3.8) is 0 Å².